The van der Waals surface area contributed by atoms with E-state index >= 15 is 0 Å². The summed E-state index contributed by atoms with van der Waals surface area (Å²) in [6, 6.07) is 12.7. The molecule has 0 bridgehead atoms. The number of anilines is 1. The summed E-state index contributed by atoms with van der Waals surface area (Å²) in [5.41, 5.74) is 2.40. The molecular formula is C24H27N5O4. The van der Waals surface area contributed by atoms with Gasteiger partial charge in [0.25, 0.3) is 11.8 Å². The van der Waals surface area contributed by atoms with Crippen LogP contribution in [-0.4, -0.2) is 73.7 Å². The number of hydrogen-bond donors (Lipinski definition) is 2. The van der Waals surface area contributed by atoms with Gasteiger partial charge in [-0.3, -0.25) is 9.59 Å². The minimum atomic E-state index is -0.441. The molecule has 0 saturated carbocycles. The quantitative estimate of drug-likeness (QED) is 0.533. The first-order chi connectivity index (χ1) is 16.1. The van der Waals surface area contributed by atoms with Gasteiger partial charge in [-0.2, -0.15) is 0 Å². The van der Waals surface area contributed by atoms with Crippen molar-refractivity contribution in [3.63, 3.8) is 0 Å². The van der Waals surface area contributed by atoms with E-state index in [-0.39, 0.29) is 11.8 Å². The van der Waals surface area contributed by atoms with Crippen LogP contribution in [0.2, 0.25) is 0 Å². The zero-order valence-electron chi connectivity index (χ0n) is 18.7. The largest absolute Gasteiger partial charge is 0.383 e. The Morgan fingerprint density at radius 3 is 2.91 bits per heavy atom. The second-order valence-corrected chi connectivity index (χ2v) is 7.65. The van der Waals surface area contributed by atoms with Gasteiger partial charge >= 0.3 is 0 Å². The van der Waals surface area contributed by atoms with Crippen LogP contribution < -0.4 is 10.6 Å². The molecule has 0 aliphatic carbocycles. The molecule has 1 atom stereocenters. The van der Waals surface area contributed by atoms with Crippen molar-refractivity contribution in [1.82, 2.24) is 20.2 Å². The van der Waals surface area contributed by atoms with Gasteiger partial charge in [-0.05, 0) is 24.3 Å². The first-order valence-electron chi connectivity index (χ1n) is 10.8. The standard InChI is InChI=1S/C24H27N5O4/c1-25-22-13-16(7-8-26-22)24(31)29-10-12-33-21(15-29)20-14-18(23(30)27-9-11-32-2)17-5-3-4-6-19(17)28-20/h3-8,13-14,21H,9-12,15H2,1-2H3,(H,25,26)(H,27,30)/t21-/m1/s1. The van der Waals surface area contributed by atoms with Crippen LogP contribution in [0, 0.1) is 0 Å². The normalized spacial score (nSPS) is 15.9. The van der Waals surface area contributed by atoms with Gasteiger partial charge in [-0.25, -0.2) is 9.97 Å². The predicted octanol–water partition coefficient (Wildman–Crippen LogP) is 2.26. The molecule has 4 rings (SSSR count). The number of nitrogens with one attached hydrogen (secondary N) is 2. The number of para-hydroxylation sites is 1. The van der Waals surface area contributed by atoms with Crippen molar-refractivity contribution in [2.24, 2.45) is 0 Å². The number of pyridine rings is 2. The van der Waals surface area contributed by atoms with Crippen LogP contribution in [-0.2, 0) is 9.47 Å². The molecule has 1 fully saturated rings. The monoisotopic (exact) mass is 449 g/mol. The molecule has 3 heterocycles. The van der Waals surface area contributed by atoms with Gasteiger partial charge in [0, 0.05) is 44.4 Å². The molecule has 9 nitrogen and oxygen atoms in total. The number of nitrogens with zero attached hydrogens (tertiary/aromatic N) is 3. The lowest BCUT2D eigenvalue weighted by molar-refractivity contribution is -0.0246. The van der Waals surface area contributed by atoms with Crippen molar-refractivity contribution < 1.29 is 19.1 Å². The zero-order valence-corrected chi connectivity index (χ0v) is 18.7. The predicted molar refractivity (Wildman–Crippen MR) is 124 cm³/mol. The third kappa shape index (κ3) is 5.10. The number of methoxy groups -OCH3 is 1. The minimum Gasteiger partial charge on any atom is -0.383 e. The number of ether oxygens (including phenoxy) is 2. The second kappa shape index (κ2) is 10.4. The summed E-state index contributed by atoms with van der Waals surface area (Å²) in [5.74, 6) is 0.332. The number of hydrogen-bond acceptors (Lipinski definition) is 7. The van der Waals surface area contributed by atoms with Gasteiger partial charge in [0.1, 0.15) is 11.9 Å². The molecule has 1 saturated heterocycles. The maximum Gasteiger partial charge on any atom is 0.254 e. The summed E-state index contributed by atoms with van der Waals surface area (Å²) in [4.78, 5) is 36.6. The van der Waals surface area contributed by atoms with E-state index in [2.05, 4.69) is 15.6 Å². The van der Waals surface area contributed by atoms with Crippen molar-refractivity contribution in [3.05, 3.63) is 65.5 Å². The SMILES string of the molecule is CNc1cc(C(=O)N2CCO[C@@H](c3cc(C(=O)NCCOC)c4ccccc4n3)C2)ccn1. The van der Waals surface area contributed by atoms with Crippen molar-refractivity contribution in [2.45, 2.75) is 6.10 Å². The van der Waals surface area contributed by atoms with E-state index in [0.29, 0.717) is 61.0 Å². The Morgan fingerprint density at radius 2 is 2.09 bits per heavy atom. The molecule has 1 aromatic carbocycles. The molecule has 2 amide bonds. The average Bonchev–Trinajstić information content (AvgIpc) is 2.87. The summed E-state index contributed by atoms with van der Waals surface area (Å²) < 4.78 is 11.0. The Balaban J connectivity index is 1.60. The van der Waals surface area contributed by atoms with E-state index in [1.54, 1.807) is 43.5 Å². The van der Waals surface area contributed by atoms with Crippen molar-refractivity contribution in [1.29, 1.82) is 0 Å². The smallest absolute Gasteiger partial charge is 0.254 e. The first kappa shape index (κ1) is 22.6. The molecule has 33 heavy (non-hydrogen) atoms. The fourth-order valence-corrected chi connectivity index (χ4v) is 3.81. The van der Waals surface area contributed by atoms with E-state index in [0.717, 1.165) is 5.39 Å². The number of rotatable bonds is 7. The van der Waals surface area contributed by atoms with Crippen LogP contribution in [0.25, 0.3) is 10.9 Å². The second-order valence-electron chi connectivity index (χ2n) is 7.65. The Bertz CT molecular complexity index is 1150. The molecule has 3 aromatic rings. The summed E-state index contributed by atoms with van der Waals surface area (Å²) >= 11 is 0. The summed E-state index contributed by atoms with van der Waals surface area (Å²) in [7, 11) is 3.35. The van der Waals surface area contributed by atoms with Crippen molar-refractivity contribution in [2.75, 3.05) is 52.3 Å². The Kier molecular flexibility index (Phi) is 7.11. The molecular weight excluding hydrogens is 422 g/mol. The van der Waals surface area contributed by atoms with Crippen LogP contribution in [0.15, 0.2) is 48.7 Å². The maximum absolute atomic E-state index is 13.1. The number of carbonyl (C=O) groups excluding carboxylic acids is 2. The van der Waals surface area contributed by atoms with Crippen molar-refractivity contribution in [3.8, 4) is 0 Å². The lowest BCUT2D eigenvalue weighted by Crippen LogP contribution is -2.42. The van der Waals surface area contributed by atoms with Gasteiger partial charge in [0.05, 0.1) is 36.5 Å². The topological polar surface area (TPSA) is 106 Å². The van der Waals surface area contributed by atoms with Crippen LogP contribution >= 0.6 is 0 Å². The van der Waals surface area contributed by atoms with E-state index in [1.807, 2.05) is 24.3 Å². The Hall–Kier alpha value is -3.56. The molecule has 1 aliphatic heterocycles. The summed E-state index contributed by atoms with van der Waals surface area (Å²) in [6.07, 6.45) is 1.17. The maximum atomic E-state index is 13.1. The molecule has 2 N–H and O–H groups in total. The molecule has 1 aliphatic rings. The van der Waals surface area contributed by atoms with E-state index in [4.69, 9.17) is 14.5 Å². The van der Waals surface area contributed by atoms with Crippen LogP contribution in [0.1, 0.15) is 32.5 Å². The number of morpholine rings is 1. The zero-order chi connectivity index (χ0) is 23.2. The molecule has 0 spiro atoms. The molecule has 9 heteroatoms. The van der Waals surface area contributed by atoms with Gasteiger partial charge in [0.15, 0.2) is 0 Å². The van der Waals surface area contributed by atoms with Gasteiger partial charge in [0.2, 0.25) is 0 Å². The lowest BCUT2D eigenvalue weighted by atomic mass is 10.0. The van der Waals surface area contributed by atoms with Crippen LogP contribution in [0.4, 0.5) is 5.82 Å². The van der Waals surface area contributed by atoms with Gasteiger partial charge in [-0.1, -0.05) is 18.2 Å². The highest BCUT2D eigenvalue weighted by Crippen LogP contribution is 2.27. The van der Waals surface area contributed by atoms with E-state index in [1.165, 1.54) is 0 Å². The lowest BCUT2D eigenvalue weighted by Gasteiger charge is -2.33. The fourth-order valence-electron chi connectivity index (χ4n) is 3.81. The third-order valence-electron chi connectivity index (χ3n) is 5.52. The van der Waals surface area contributed by atoms with Crippen LogP contribution in [0.3, 0.4) is 0 Å². The molecule has 0 radical (unpaired) electrons. The highest BCUT2D eigenvalue weighted by Gasteiger charge is 2.28. The highest BCUT2D eigenvalue weighted by molar-refractivity contribution is 6.06. The van der Waals surface area contributed by atoms with E-state index < -0.39 is 6.10 Å². The highest BCUT2D eigenvalue weighted by atomic mass is 16.5. The van der Waals surface area contributed by atoms with Crippen molar-refractivity contribution >= 4 is 28.5 Å². The molecule has 2 aromatic heterocycles. The number of amides is 2. The summed E-state index contributed by atoms with van der Waals surface area (Å²) in [6.45, 7) is 2.03. The third-order valence-corrected chi connectivity index (χ3v) is 5.52. The van der Waals surface area contributed by atoms with Crippen LogP contribution in [0.5, 0.6) is 0 Å². The Labute approximate surface area is 192 Å². The first-order valence-corrected chi connectivity index (χ1v) is 10.8. The van der Waals surface area contributed by atoms with Gasteiger partial charge < -0.3 is 25.0 Å². The number of carbonyl (C=O) groups is 2. The molecule has 0 unspecified atom stereocenters. The minimum absolute atomic E-state index is 0.0967. The molecule has 172 valence electrons. The average molecular weight is 450 g/mol. The fraction of sp³-hybridized carbons (Fsp3) is 0.333. The number of fused-ring (bicyclic) bond motifs is 1. The number of benzene rings is 1. The number of aromatic nitrogens is 2. The van der Waals surface area contributed by atoms with E-state index in [9.17, 15) is 9.59 Å². The van der Waals surface area contributed by atoms with Gasteiger partial charge in [-0.15, -0.1) is 0 Å². The Morgan fingerprint density at radius 1 is 1.24 bits per heavy atom. The summed E-state index contributed by atoms with van der Waals surface area (Å²) in [5, 5.41) is 6.58.